The molecule has 140 valence electrons. The number of carbonyl (C=O) groups is 2. The Labute approximate surface area is 164 Å². The number of amides is 1. The third kappa shape index (κ3) is 4.31. The summed E-state index contributed by atoms with van der Waals surface area (Å²) in [6.45, 7) is 2.22. The predicted molar refractivity (Wildman–Crippen MR) is 106 cm³/mol. The van der Waals surface area contributed by atoms with Gasteiger partial charge in [-0.25, -0.2) is 4.79 Å². The molecule has 0 bridgehead atoms. The topological polar surface area (TPSA) is 91.4 Å². The summed E-state index contributed by atoms with van der Waals surface area (Å²) in [6.07, 6.45) is 1.94. The van der Waals surface area contributed by atoms with Crippen LogP contribution in [0, 0.1) is 0 Å². The summed E-state index contributed by atoms with van der Waals surface area (Å²) in [4.78, 5) is 27.6. The van der Waals surface area contributed by atoms with Crippen LogP contribution in [0.2, 0.25) is 0 Å². The molecule has 2 aromatic carbocycles. The van der Waals surface area contributed by atoms with E-state index in [0.717, 1.165) is 16.5 Å². The van der Waals surface area contributed by atoms with E-state index in [1.807, 2.05) is 31.2 Å². The number of para-hydroxylation sites is 1. The normalized spacial score (nSPS) is 11.9. The Hall–Kier alpha value is -2.80. The van der Waals surface area contributed by atoms with Crippen molar-refractivity contribution in [2.45, 2.75) is 19.4 Å². The number of carboxylic acid groups (broad SMARTS) is 1. The summed E-state index contributed by atoms with van der Waals surface area (Å²) in [5.41, 5.74) is 2.04. The van der Waals surface area contributed by atoms with Crippen LogP contribution in [0.25, 0.3) is 10.9 Å². The smallest absolute Gasteiger partial charge is 0.326 e. The van der Waals surface area contributed by atoms with Gasteiger partial charge in [0.2, 0.25) is 0 Å². The summed E-state index contributed by atoms with van der Waals surface area (Å²) >= 11 is 3.33. The molecule has 7 heteroatoms. The first-order valence-electron chi connectivity index (χ1n) is 8.50. The van der Waals surface area contributed by atoms with Gasteiger partial charge in [-0.3, -0.25) is 4.79 Å². The van der Waals surface area contributed by atoms with Crippen LogP contribution in [-0.4, -0.2) is 34.6 Å². The van der Waals surface area contributed by atoms with E-state index in [4.69, 9.17) is 4.74 Å². The molecule has 0 aliphatic rings. The highest BCUT2D eigenvalue weighted by molar-refractivity contribution is 9.10. The van der Waals surface area contributed by atoms with Gasteiger partial charge in [0.25, 0.3) is 5.91 Å². The van der Waals surface area contributed by atoms with Crippen molar-refractivity contribution in [3.05, 3.63) is 64.3 Å². The van der Waals surface area contributed by atoms with Crippen molar-refractivity contribution < 1.29 is 19.4 Å². The molecule has 0 aliphatic heterocycles. The minimum absolute atomic E-state index is 0.170. The maximum Gasteiger partial charge on any atom is 0.326 e. The van der Waals surface area contributed by atoms with Crippen molar-refractivity contribution in [3.8, 4) is 5.75 Å². The van der Waals surface area contributed by atoms with E-state index in [0.29, 0.717) is 16.8 Å². The number of hydrogen-bond acceptors (Lipinski definition) is 3. The number of H-pyrrole nitrogens is 1. The summed E-state index contributed by atoms with van der Waals surface area (Å²) < 4.78 is 6.19. The Morgan fingerprint density at radius 1 is 1.26 bits per heavy atom. The fourth-order valence-corrected chi connectivity index (χ4v) is 3.28. The van der Waals surface area contributed by atoms with Gasteiger partial charge in [0.1, 0.15) is 11.8 Å². The molecule has 0 saturated carbocycles. The first kappa shape index (κ1) is 19.0. The fraction of sp³-hybridized carbons (Fsp3) is 0.200. The van der Waals surface area contributed by atoms with Crippen molar-refractivity contribution in [1.82, 2.24) is 10.3 Å². The maximum absolute atomic E-state index is 12.7. The molecule has 3 aromatic rings. The van der Waals surface area contributed by atoms with Gasteiger partial charge in [-0.2, -0.15) is 0 Å². The van der Waals surface area contributed by atoms with E-state index in [-0.39, 0.29) is 12.0 Å². The Balaban J connectivity index is 1.84. The summed E-state index contributed by atoms with van der Waals surface area (Å²) in [5.74, 6) is -1.18. The van der Waals surface area contributed by atoms with Gasteiger partial charge in [0.15, 0.2) is 0 Å². The molecule has 0 radical (unpaired) electrons. The monoisotopic (exact) mass is 430 g/mol. The molecule has 0 aliphatic carbocycles. The molecule has 27 heavy (non-hydrogen) atoms. The number of fused-ring (bicyclic) bond motifs is 1. The SMILES string of the molecule is CCOc1ccc(Br)cc1C(=O)NC(Cc1c[nH]c2ccccc12)C(=O)O. The van der Waals surface area contributed by atoms with Gasteiger partial charge < -0.3 is 20.1 Å². The molecule has 3 rings (SSSR count). The van der Waals surface area contributed by atoms with Crippen LogP contribution in [0.4, 0.5) is 0 Å². The molecule has 0 spiro atoms. The molecule has 6 nitrogen and oxygen atoms in total. The van der Waals surface area contributed by atoms with Crippen molar-refractivity contribution in [2.75, 3.05) is 6.61 Å². The second-order valence-electron chi connectivity index (χ2n) is 6.00. The molecule has 1 aromatic heterocycles. The second-order valence-corrected chi connectivity index (χ2v) is 6.92. The van der Waals surface area contributed by atoms with Gasteiger partial charge in [0, 0.05) is 28.0 Å². The summed E-state index contributed by atoms with van der Waals surface area (Å²) in [5, 5.41) is 13.2. The molecule has 1 unspecified atom stereocenters. The number of hydrogen-bond donors (Lipinski definition) is 3. The summed E-state index contributed by atoms with van der Waals surface area (Å²) in [7, 11) is 0. The number of benzene rings is 2. The quantitative estimate of drug-likeness (QED) is 0.532. The first-order valence-corrected chi connectivity index (χ1v) is 9.30. The fourth-order valence-electron chi connectivity index (χ4n) is 2.92. The Kier molecular flexibility index (Phi) is 5.81. The number of nitrogens with one attached hydrogen (secondary N) is 2. The highest BCUT2D eigenvalue weighted by Gasteiger charge is 2.24. The van der Waals surface area contributed by atoms with Gasteiger partial charge in [-0.1, -0.05) is 34.1 Å². The van der Waals surface area contributed by atoms with E-state index in [9.17, 15) is 14.7 Å². The Morgan fingerprint density at radius 2 is 2.04 bits per heavy atom. The third-order valence-electron chi connectivity index (χ3n) is 4.19. The second kappa shape index (κ2) is 8.26. The Morgan fingerprint density at radius 3 is 2.78 bits per heavy atom. The van der Waals surface area contributed by atoms with Crippen LogP contribution in [0.5, 0.6) is 5.75 Å². The van der Waals surface area contributed by atoms with E-state index >= 15 is 0 Å². The number of aliphatic carboxylic acids is 1. The zero-order valence-corrected chi connectivity index (χ0v) is 16.2. The molecule has 1 atom stereocenters. The molecule has 3 N–H and O–H groups in total. The lowest BCUT2D eigenvalue weighted by atomic mass is 10.0. The largest absolute Gasteiger partial charge is 0.493 e. The van der Waals surface area contributed by atoms with Crippen LogP contribution in [-0.2, 0) is 11.2 Å². The van der Waals surface area contributed by atoms with E-state index in [2.05, 4.69) is 26.2 Å². The number of rotatable bonds is 7. The lowest BCUT2D eigenvalue weighted by Crippen LogP contribution is -2.42. The van der Waals surface area contributed by atoms with E-state index < -0.39 is 17.9 Å². The maximum atomic E-state index is 12.7. The average Bonchev–Trinajstić information content (AvgIpc) is 3.05. The number of halogens is 1. The molecule has 1 amide bonds. The number of carboxylic acids is 1. The number of aromatic amines is 1. The highest BCUT2D eigenvalue weighted by Crippen LogP contribution is 2.24. The summed E-state index contributed by atoms with van der Waals surface area (Å²) in [6, 6.07) is 11.6. The van der Waals surface area contributed by atoms with Crippen LogP contribution in [0.1, 0.15) is 22.8 Å². The zero-order chi connectivity index (χ0) is 19.4. The standard InChI is InChI=1S/C20H19BrN2O4/c1-2-27-18-8-7-13(21)10-15(18)19(24)23-17(20(25)26)9-12-11-22-16-6-4-3-5-14(12)16/h3-8,10-11,17,22H,2,9H2,1H3,(H,23,24)(H,25,26). The van der Waals surface area contributed by atoms with Crippen LogP contribution in [0.15, 0.2) is 53.1 Å². The first-order chi connectivity index (χ1) is 13.0. The van der Waals surface area contributed by atoms with Crippen molar-refractivity contribution in [1.29, 1.82) is 0 Å². The Bertz CT molecular complexity index is 983. The van der Waals surface area contributed by atoms with Gasteiger partial charge in [-0.05, 0) is 36.8 Å². The van der Waals surface area contributed by atoms with Gasteiger partial charge in [-0.15, -0.1) is 0 Å². The van der Waals surface area contributed by atoms with Crippen LogP contribution >= 0.6 is 15.9 Å². The molecule has 0 saturated heterocycles. The van der Waals surface area contributed by atoms with Crippen molar-refractivity contribution in [3.63, 3.8) is 0 Å². The van der Waals surface area contributed by atoms with Gasteiger partial charge in [0.05, 0.1) is 12.2 Å². The molecule has 1 heterocycles. The van der Waals surface area contributed by atoms with E-state index in [1.165, 1.54) is 0 Å². The lowest BCUT2D eigenvalue weighted by molar-refractivity contribution is -0.139. The lowest BCUT2D eigenvalue weighted by Gasteiger charge is -2.16. The zero-order valence-electron chi connectivity index (χ0n) is 14.7. The number of ether oxygens (including phenoxy) is 1. The van der Waals surface area contributed by atoms with Crippen molar-refractivity contribution in [2.24, 2.45) is 0 Å². The van der Waals surface area contributed by atoms with Crippen LogP contribution in [0.3, 0.4) is 0 Å². The minimum atomic E-state index is -1.10. The molecular weight excluding hydrogens is 412 g/mol. The van der Waals surface area contributed by atoms with E-state index in [1.54, 1.807) is 24.4 Å². The predicted octanol–water partition coefficient (Wildman–Crippen LogP) is 3.75. The molecular formula is C20H19BrN2O4. The highest BCUT2D eigenvalue weighted by atomic mass is 79.9. The van der Waals surface area contributed by atoms with Gasteiger partial charge >= 0.3 is 5.97 Å². The number of carbonyl (C=O) groups excluding carboxylic acids is 1. The minimum Gasteiger partial charge on any atom is -0.493 e. The number of aromatic nitrogens is 1. The average molecular weight is 431 g/mol. The van der Waals surface area contributed by atoms with Crippen molar-refractivity contribution >= 4 is 38.7 Å². The van der Waals surface area contributed by atoms with Crippen LogP contribution < -0.4 is 10.1 Å². The third-order valence-corrected chi connectivity index (χ3v) is 4.68. The molecule has 0 fully saturated rings.